The largest absolute Gasteiger partial charge is 0.354 e. The third kappa shape index (κ3) is 5.05. The van der Waals surface area contributed by atoms with Gasteiger partial charge in [0.25, 0.3) is 0 Å². The molecular formula is C22H26N4O. The molecular weight excluding hydrogens is 336 g/mol. The van der Waals surface area contributed by atoms with Crippen molar-refractivity contribution in [2.45, 2.75) is 32.2 Å². The molecule has 3 N–H and O–H groups in total. The number of amides is 1. The molecule has 1 atom stereocenters. The second-order valence-electron chi connectivity index (χ2n) is 7.03. The Kier molecular flexibility index (Phi) is 6.04. The van der Waals surface area contributed by atoms with Gasteiger partial charge in [0.15, 0.2) is 0 Å². The summed E-state index contributed by atoms with van der Waals surface area (Å²) in [5, 5.41) is 7.12. The van der Waals surface area contributed by atoms with Gasteiger partial charge in [0, 0.05) is 25.0 Å². The zero-order chi connectivity index (χ0) is 19.2. The Labute approximate surface area is 160 Å². The van der Waals surface area contributed by atoms with E-state index in [1.54, 1.807) is 10.9 Å². The average Bonchev–Trinajstić information content (AvgIpc) is 3.21. The fourth-order valence-corrected chi connectivity index (χ4v) is 2.91. The first-order valence-electron chi connectivity index (χ1n) is 9.24. The van der Waals surface area contributed by atoms with Gasteiger partial charge in [-0.3, -0.25) is 4.79 Å². The molecule has 3 aromatic rings. The van der Waals surface area contributed by atoms with E-state index in [2.05, 4.69) is 36.4 Å². The fourth-order valence-electron chi connectivity index (χ4n) is 2.91. The molecule has 1 heterocycles. The maximum Gasteiger partial charge on any atom is 0.224 e. The molecule has 0 aliphatic rings. The van der Waals surface area contributed by atoms with Crippen LogP contribution in [0, 0.1) is 0 Å². The normalized spacial score (nSPS) is 12.1. The molecule has 5 nitrogen and oxygen atoms in total. The molecule has 0 aliphatic heterocycles. The Balaban J connectivity index is 1.50. The zero-order valence-corrected chi connectivity index (χ0v) is 15.8. The number of nitrogens with two attached hydrogens (primary N) is 1. The summed E-state index contributed by atoms with van der Waals surface area (Å²) < 4.78 is 1.79. The summed E-state index contributed by atoms with van der Waals surface area (Å²) in [6, 6.07) is 17.8. The standard InChI is InChI=1S/C22H26N4O/c1-16(2)18-6-8-19(9-7-18)21(23)15-24-22(27)14-17-4-10-20(11-5-17)26-13-3-12-25-26/h3-13,16,21H,14-15,23H2,1-2H3,(H,24,27). The van der Waals surface area contributed by atoms with Gasteiger partial charge in [0.1, 0.15) is 0 Å². The zero-order valence-electron chi connectivity index (χ0n) is 15.8. The Morgan fingerprint density at radius 1 is 1.07 bits per heavy atom. The lowest BCUT2D eigenvalue weighted by atomic mass is 9.99. The van der Waals surface area contributed by atoms with Crippen LogP contribution >= 0.6 is 0 Å². The first kappa shape index (κ1) is 18.9. The van der Waals surface area contributed by atoms with Crippen molar-refractivity contribution in [2.75, 3.05) is 6.54 Å². The summed E-state index contributed by atoms with van der Waals surface area (Å²) in [6.07, 6.45) is 3.95. The Morgan fingerprint density at radius 2 is 1.74 bits per heavy atom. The van der Waals surface area contributed by atoms with E-state index in [1.165, 1.54) is 5.56 Å². The van der Waals surface area contributed by atoms with Crippen LogP contribution < -0.4 is 11.1 Å². The number of hydrogen-bond donors (Lipinski definition) is 2. The third-order valence-electron chi connectivity index (χ3n) is 4.62. The lowest BCUT2D eigenvalue weighted by Crippen LogP contribution is -2.32. The van der Waals surface area contributed by atoms with Gasteiger partial charge >= 0.3 is 0 Å². The molecule has 0 spiro atoms. The molecule has 2 aromatic carbocycles. The van der Waals surface area contributed by atoms with E-state index in [1.807, 2.05) is 48.7 Å². The first-order valence-corrected chi connectivity index (χ1v) is 9.24. The summed E-state index contributed by atoms with van der Waals surface area (Å²) >= 11 is 0. The predicted octanol–water partition coefficient (Wildman–Crippen LogP) is 3.35. The van der Waals surface area contributed by atoms with Crippen LogP contribution in [-0.2, 0) is 11.2 Å². The number of hydrogen-bond acceptors (Lipinski definition) is 3. The minimum Gasteiger partial charge on any atom is -0.354 e. The summed E-state index contributed by atoms with van der Waals surface area (Å²) in [5.74, 6) is 0.464. The van der Waals surface area contributed by atoms with Crippen LogP contribution in [0.3, 0.4) is 0 Å². The summed E-state index contributed by atoms with van der Waals surface area (Å²) in [4.78, 5) is 12.2. The molecule has 1 unspecified atom stereocenters. The van der Waals surface area contributed by atoms with Crippen molar-refractivity contribution in [3.8, 4) is 5.69 Å². The van der Waals surface area contributed by atoms with Crippen LogP contribution in [0.15, 0.2) is 67.0 Å². The van der Waals surface area contributed by atoms with E-state index in [-0.39, 0.29) is 11.9 Å². The Morgan fingerprint density at radius 3 is 2.33 bits per heavy atom. The molecule has 1 amide bonds. The fraction of sp³-hybridized carbons (Fsp3) is 0.273. The van der Waals surface area contributed by atoms with Crippen molar-refractivity contribution in [3.05, 3.63) is 83.7 Å². The first-order chi connectivity index (χ1) is 13.0. The number of aromatic nitrogens is 2. The monoisotopic (exact) mass is 362 g/mol. The molecule has 0 saturated carbocycles. The summed E-state index contributed by atoms with van der Waals surface area (Å²) in [7, 11) is 0. The lowest BCUT2D eigenvalue weighted by molar-refractivity contribution is -0.120. The predicted molar refractivity (Wildman–Crippen MR) is 108 cm³/mol. The number of benzene rings is 2. The van der Waals surface area contributed by atoms with Gasteiger partial charge in [0.05, 0.1) is 12.1 Å². The molecule has 5 heteroatoms. The smallest absolute Gasteiger partial charge is 0.224 e. The van der Waals surface area contributed by atoms with E-state index >= 15 is 0 Å². The molecule has 27 heavy (non-hydrogen) atoms. The van der Waals surface area contributed by atoms with Crippen molar-refractivity contribution in [3.63, 3.8) is 0 Å². The quantitative estimate of drug-likeness (QED) is 0.677. The van der Waals surface area contributed by atoms with Crippen molar-refractivity contribution >= 4 is 5.91 Å². The maximum absolute atomic E-state index is 12.2. The van der Waals surface area contributed by atoms with Crippen LogP contribution in [-0.4, -0.2) is 22.2 Å². The summed E-state index contributed by atoms with van der Waals surface area (Å²) in [6.45, 7) is 4.75. The minimum absolute atomic E-state index is 0.0314. The van der Waals surface area contributed by atoms with Crippen molar-refractivity contribution in [2.24, 2.45) is 5.73 Å². The van der Waals surface area contributed by atoms with Gasteiger partial charge in [-0.15, -0.1) is 0 Å². The molecule has 0 aliphatic carbocycles. The van der Waals surface area contributed by atoms with E-state index in [4.69, 9.17) is 5.73 Å². The van der Waals surface area contributed by atoms with Crippen molar-refractivity contribution in [1.82, 2.24) is 15.1 Å². The molecule has 0 saturated heterocycles. The maximum atomic E-state index is 12.2. The number of rotatable bonds is 7. The van der Waals surface area contributed by atoms with Gasteiger partial charge in [-0.25, -0.2) is 4.68 Å². The van der Waals surface area contributed by atoms with Gasteiger partial charge in [-0.05, 0) is 40.8 Å². The van der Waals surface area contributed by atoms with Gasteiger partial charge in [0.2, 0.25) is 5.91 Å². The number of carbonyl (C=O) groups excluding carboxylic acids is 1. The lowest BCUT2D eigenvalue weighted by Gasteiger charge is -2.15. The Bertz CT molecular complexity index is 852. The van der Waals surface area contributed by atoms with Crippen LogP contribution in [0.4, 0.5) is 0 Å². The minimum atomic E-state index is -0.211. The van der Waals surface area contributed by atoms with E-state index < -0.39 is 0 Å². The van der Waals surface area contributed by atoms with Gasteiger partial charge in [-0.1, -0.05) is 50.2 Å². The number of carbonyl (C=O) groups is 1. The van der Waals surface area contributed by atoms with Crippen LogP contribution in [0.2, 0.25) is 0 Å². The van der Waals surface area contributed by atoms with E-state index in [0.717, 1.165) is 16.8 Å². The molecule has 140 valence electrons. The van der Waals surface area contributed by atoms with Crippen LogP contribution in [0.5, 0.6) is 0 Å². The summed E-state index contributed by atoms with van der Waals surface area (Å²) in [5.41, 5.74) is 10.5. The van der Waals surface area contributed by atoms with Gasteiger partial charge < -0.3 is 11.1 Å². The topological polar surface area (TPSA) is 72.9 Å². The SMILES string of the molecule is CC(C)c1ccc(C(N)CNC(=O)Cc2ccc(-n3cccn3)cc2)cc1. The van der Waals surface area contributed by atoms with Crippen LogP contribution in [0.25, 0.3) is 5.69 Å². The van der Waals surface area contributed by atoms with Gasteiger partial charge in [-0.2, -0.15) is 5.10 Å². The highest BCUT2D eigenvalue weighted by Gasteiger charge is 2.10. The number of nitrogens with one attached hydrogen (secondary N) is 1. The Hall–Kier alpha value is -2.92. The van der Waals surface area contributed by atoms with Crippen LogP contribution in [0.1, 0.15) is 42.5 Å². The highest BCUT2D eigenvalue weighted by atomic mass is 16.1. The molecule has 0 radical (unpaired) electrons. The second-order valence-corrected chi connectivity index (χ2v) is 7.03. The van der Waals surface area contributed by atoms with E-state index in [9.17, 15) is 4.79 Å². The van der Waals surface area contributed by atoms with Crippen molar-refractivity contribution in [1.29, 1.82) is 0 Å². The van der Waals surface area contributed by atoms with Crippen molar-refractivity contribution < 1.29 is 4.79 Å². The van der Waals surface area contributed by atoms with E-state index in [0.29, 0.717) is 18.9 Å². The highest BCUT2D eigenvalue weighted by Crippen LogP contribution is 2.17. The average molecular weight is 362 g/mol. The molecule has 3 rings (SSSR count). The second kappa shape index (κ2) is 8.64. The molecule has 0 fully saturated rings. The third-order valence-corrected chi connectivity index (χ3v) is 4.62. The molecule has 0 bridgehead atoms. The number of nitrogens with zero attached hydrogens (tertiary/aromatic N) is 2. The highest BCUT2D eigenvalue weighted by molar-refractivity contribution is 5.78. The molecule has 1 aromatic heterocycles.